The van der Waals surface area contributed by atoms with Gasteiger partial charge in [0.05, 0.1) is 6.07 Å². The van der Waals surface area contributed by atoms with Crippen LogP contribution in [0.25, 0.3) is 0 Å². The van der Waals surface area contributed by atoms with Gasteiger partial charge in [-0.1, -0.05) is 57.8 Å². The van der Waals surface area contributed by atoms with Gasteiger partial charge >= 0.3 is 0 Å². The van der Waals surface area contributed by atoms with E-state index in [-0.39, 0.29) is 0 Å². The first-order valence-corrected chi connectivity index (χ1v) is 6.99. The topological polar surface area (TPSA) is 49.8 Å². The lowest BCUT2D eigenvalue weighted by molar-refractivity contribution is 0.548. The normalized spacial score (nSPS) is 10.2. The first-order valence-electron chi connectivity index (χ1n) is 6.99. The second-order valence-electron chi connectivity index (χ2n) is 4.59. The average Bonchev–Trinajstić information content (AvgIpc) is 2.31. The summed E-state index contributed by atoms with van der Waals surface area (Å²) in [5.74, 6) is 0. The van der Waals surface area contributed by atoms with Crippen LogP contribution in [0.3, 0.4) is 0 Å². The summed E-state index contributed by atoms with van der Waals surface area (Å²) in [6.07, 6.45) is 15.1. The molecule has 0 radical (unpaired) electrons. The molecule has 0 aromatic rings. The van der Waals surface area contributed by atoms with Gasteiger partial charge < -0.3 is 5.73 Å². The monoisotopic (exact) mass is 224 g/mol. The van der Waals surface area contributed by atoms with Crippen LogP contribution in [0.5, 0.6) is 0 Å². The van der Waals surface area contributed by atoms with Crippen molar-refractivity contribution in [1.29, 1.82) is 5.26 Å². The van der Waals surface area contributed by atoms with Crippen molar-refractivity contribution in [2.75, 3.05) is 6.54 Å². The van der Waals surface area contributed by atoms with Gasteiger partial charge in [0.1, 0.15) is 0 Å². The van der Waals surface area contributed by atoms with Crippen LogP contribution in [0, 0.1) is 11.3 Å². The van der Waals surface area contributed by atoms with Crippen LogP contribution >= 0.6 is 0 Å². The van der Waals surface area contributed by atoms with Crippen LogP contribution in [0.2, 0.25) is 0 Å². The van der Waals surface area contributed by atoms with E-state index in [0.717, 1.165) is 19.4 Å². The summed E-state index contributed by atoms with van der Waals surface area (Å²) >= 11 is 0. The maximum Gasteiger partial charge on any atom is 0.0621 e. The quantitative estimate of drug-likeness (QED) is 0.506. The summed E-state index contributed by atoms with van der Waals surface area (Å²) in [5, 5.41) is 8.37. The van der Waals surface area contributed by atoms with Crippen molar-refractivity contribution >= 4 is 0 Å². The molecule has 0 spiro atoms. The fourth-order valence-electron chi connectivity index (χ4n) is 1.94. The van der Waals surface area contributed by atoms with Crippen molar-refractivity contribution in [3.8, 4) is 6.07 Å². The second-order valence-corrected chi connectivity index (χ2v) is 4.59. The Hall–Kier alpha value is -0.550. The number of hydrogen-bond donors (Lipinski definition) is 1. The minimum atomic E-state index is 0.737. The maximum atomic E-state index is 8.37. The lowest BCUT2D eigenvalue weighted by Crippen LogP contribution is -1.97. The van der Waals surface area contributed by atoms with E-state index in [1.54, 1.807) is 0 Å². The van der Waals surface area contributed by atoms with Crippen LogP contribution in [-0.4, -0.2) is 6.54 Å². The molecular weight excluding hydrogens is 196 g/mol. The molecular formula is C14H28N2. The Bertz CT molecular complexity index is 161. The Morgan fingerprint density at radius 3 is 1.38 bits per heavy atom. The molecule has 0 fully saturated rings. The smallest absolute Gasteiger partial charge is 0.0621 e. The van der Waals surface area contributed by atoms with Crippen LogP contribution in [0.1, 0.15) is 77.0 Å². The molecule has 0 rings (SSSR count). The summed E-state index contributed by atoms with van der Waals surface area (Å²) in [6.45, 7) is 0.850. The Kier molecular flexibility index (Phi) is 14.0. The van der Waals surface area contributed by atoms with Crippen LogP contribution in [0.15, 0.2) is 0 Å². The Labute approximate surface area is 101 Å². The van der Waals surface area contributed by atoms with Gasteiger partial charge in [-0.3, -0.25) is 0 Å². The Morgan fingerprint density at radius 2 is 1.00 bits per heavy atom. The number of nitriles is 1. The van der Waals surface area contributed by atoms with Gasteiger partial charge in [0.2, 0.25) is 0 Å². The molecule has 0 aromatic heterocycles. The van der Waals surface area contributed by atoms with Gasteiger partial charge in [0, 0.05) is 6.42 Å². The first-order chi connectivity index (χ1) is 7.91. The third kappa shape index (κ3) is 13.4. The first kappa shape index (κ1) is 15.4. The lowest BCUT2D eigenvalue weighted by Gasteiger charge is -2.01. The lowest BCUT2D eigenvalue weighted by atomic mass is 10.1. The highest BCUT2D eigenvalue weighted by atomic mass is 14.5. The molecule has 0 atom stereocenters. The molecule has 2 nitrogen and oxygen atoms in total. The van der Waals surface area contributed by atoms with E-state index in [9.17, 15) is 0 Å². The fraction of sp³-hybridized carbons (Fsp3) is 0.929. The van der Waals surface area contributed by atoms with Crippen molar-refractivity contribution in [3.63, 3.8) is 0 Å². The number of nitrogens with two attached hydrogens (primary N) is 1. The molecule has 0 aromatic carbocycles. The van der Waals surface area contributed by atoms with E-state index in [2.05, 4.69) is 6.07 Å². The minimum Gasteiger partial charge on any atom is -0.330 e. The van der Waals surface area contributed by atoms with Crippen LogP contribution in [0.4, 0.5) is 0 Å². The maximum absolute atomic E-state index is 8.37. The van der Waals surface area contributed by atoms with E-state index in [0.29, 0.717) is 0 Å². The predicted molar refractivity (Wildman–Crippen MR) is 70.1 cm³/mol. The summed E-state index contributed by atoms with van der Waals surface area (Å²) in [4.78, 5) is 0. The zero-order valence-electron chi connectivity index (χ0n) is 10.7. The van der Waals surface area contributed by atoms with Crippen molar-refractivity contribution in [2.24, 2.45) is 5.73 Å². The molecule has 0 unspecified atom stereocenters. The minimum absolute atomic E-state index is 0.737. The van der Waals surface area contributed by atoms with Crippen molar-refractivity contribution in [1.82, 2.24) is 0 Å². The van der Waals surface area contributed by atoms with Crippen molar-refractivity contribution in [3.05, 3.63) is 0 Å². The molecule has 16 heavy (non-hydrogen) atoms. The second kappa shape index (κ2) is 14.5. The molecule has 0 bridgehead atoms. The molecule has 0 amide bonds. The molecule has 94 valence electrons. The molecule has 0 aliphatic rings. The highest BCUT2D eigenvalue weighted by Crippen LogP contribution is 2.11. The summed E-state index contributed by atoms with van der Waals surface area (Å²) in [7, 11) is 0. The molecule has 0 saturated heterocycles. The van der Waals surface area contributed by atoms with E-state index >= 15 is 0 Å². The van der Waals surface area contributed by atoms with Gasteiger partial charge in [0.15, 0.2) is 0 Å². The van der Waals surface area contributed by atoms with E-state index in [1.165, 1.54) is 64.2 Å². The zero-order valence-corrected chi connectivity index (χ0v) is 10.7. The van der Waals surface area contributed by atoms with Crippen LogP contribution < -0.4 is 5.73 Å². The molecule has 2 N–H and O–H groups in total. The molecule has 0 saturated carbocycles. The number of nitrogens with zero attached hydrogens (tertiary/aromatic N) is 1. The molecule has 0 aliphatic heterocycles. The summed E-state index contributed by atoms with van der Waals surface area (Å²) in [5.41, 5.74) is 5.44. The fourth-order valence-corrected chi connectivity index (χ4v) is 1.94. The van der Waals surface area contributed by atoms with Crippen LogP contribution in [-0.2, 0) is 0 Å². The van der Waals surface area contributed by atoms with Crippen molar-refractivity contribution in [2.45, 2.75) is 77.0 Å². The highest BCUT2D eigenvalue weighted by Gasteiger charge is 1.92. The summed E-state index contributed by atoms with van der Waals surface area (Å²) < 4.78 is 0. The predicted octanol–water partition coefficient (Wildman–Crippen LogP) is 4.15. The zero-order chi connectivity index (χ0) is 11.9. The SMILES string of the molecule is N#CCCCCCCCCCCCCCN. The molecule has 0 heterocycles. The number of rotatable bonds is 12. The highest BCUT2D eigenvalue weighted by molar-refractivity contribution is 4.67. The summed E-state index contributed by atoms with van der Waals surface area (Å²) in [6, 6.07) is 2.19. The van der Waals surface area contributed by atoms with Gasteiger partial charge in [-0.15, -0.1) is 0 Å². The third-order valence-electron chi connectivity index (χ3n) is 2.99. The third-order valence-corrected chi connectivity index (χ3v) is 2.99. The van der Waals surface area contributed by atoms with Gasteiger partial charge in [-0.05, 0) is 19.4 Å². The molecule has 0 aliphatic carbocycles. The Morgan fingerprint density at radius 1 is 0.625 bits per heavy atom. The van der Waals surface area contributed by atoms with Gasteiger partial charge in [-0.25, -0.2) is 0 Å². The van der Waals surface area contributed by atoms with Gasteiger partial charge in [-0.2, -0.15) is 5.26 Å². The van der Waals surface area contributed by atoms with Crippen molar-refractivity contribution < 1.29 is 0 Å². The standard InChI is InChI=1S/C14H28N2/c15-13-11-9-7-5-3-1-2-4-6-8-10-12-14-16/h1-13,15H2. The van der Waals surface area contributed by atoms with E-state index in [1.807, 2.05) is 0 Å². The number of unbranched alkanes of at least 4 members (excludes halogenated alkanes) is 11. The van der Waals surface area contributed by atoms with Gasteiger partial charge in [0.25, 0.3) is 0 Å². The van der Waals surface area contributed by atoms with E-state index < -0.39 is 0 Å². The number of hydrogen-bond acceptors (Lipinski definition) is 2. The Balaban J connectivity index is 2.86. The van der Waals surface area contributed by atoms with E-state index in [4.69, 9.17) is 11.0 Å². The molecule has 2 heteroatoms. The largest absolute Gasteiger partial charge is 0.330 e. The average molecular weight is 224 g/mol.